The second-order valence-electron chi connectivity index (χ2n) is 5.14. The number of aliphatic hydroxyl groups is 1. The third-order valence-corrected chi connectivity index (χ3v) is 3.29. The van der Waals surface area contributed by atoms with Gasteiger partial charge in [-0.25, -0.2) is 0 Å². The number of nitrogens with two attached hydrogens (primary N) is 1. The molecule has 0 heterocycles. The third kappa shape index (κ3) is 5.82. The number of aliphatic hydroxyl groups excluding tert-OH is 1. The molecule has 17 heavy (non-hydrogen) atoms. The average Bonchev–Trinajstić information content (AvgIpc) is 2.24. The van der Waals surface area contributed by atoms with Gasteiger partial charge in [0.05, 0.1) is 6.61 Å². The molecule has 0 aliphatic rings. The molecule has 4 heteroatoms. The highest BCUT2D eigenvalue weighted by molar-refractivity contribution is 4.84. The van der Waals surface area contributed by atoms with Gasteiger partial charge in [0.1, 0.15) is 0 Å². The lowest BCUT2D eigenvalue weighted by Gasteiger charge is -2.38. The zero-order valence-electron chi connectivity index (χ0n) is 12.2. The highest BCUT2D eigenvalue weighted by Gasteiger charge is 2.26. The van der Waals surface area contributed by atoms with E-state index in [0.717, 1.165) is 25.9 Å². The first-order valence-corrected chi connectivity index (χ1v) is 6.74. The number of rotatable bonds is 9. The van der Waals surface area contributed by atoms with Crippen molar-refractivity contribution < 1.29 is 5.11 Å². The van der Waals surface area contributed by atoms with Crippen molar-refractivity contribution in [3.63, 3.8) is 0 Å². The van der Waals surface area contributed by atoms with Gasteiger partial charge in [0.2, 0.25) is 0 Å². The van der Waals surface area contributed by atoms with E-state index in [1.807, 2.05) is 0 Å². The van der Waals surface area contributed by atoms with Crippen molar-refractivity contribution in [1.82, 2.24) is 9.80 Å². The van der Waals surface area contributed by atoms with Crippen molar-refractivity contribution >= 4 is 0 Å². The highest BCUT2D eigenvalue weighted by atomic mass is 16.3. The lowest BCUT2D eigenvalue weighted by atomic mass is 10.0. The normalized spacial score (nSPS) is 17.5. The maximum atomic E-state index is 9.57. The fourth-order valence-electron chi connectivity index (χ4n) is 2.52. The number of hydrogen-bond donors (Lipinski definition) is 2. The second kappa shape index (κ2) is 8.86. The van der Waals surface area contributed by atoms with E-state index in [9.17, 15) is 5.11 Å². The summed E-state index contributed by atoms with van der Waals surface area (Å²) in [5.41, 5.74) is 6.17. The largest absolute Gasteiger partial charge is 0.395 e. The minimum absolute atomic E-state index is 0.0644. The summed E-state index contributed by atoms with van der Waals surface area (Å²) in [4.78, 5) is 4.49. The van der Waals surface area contributed by atoms with Crippen LogP contribution in [0.15, 0.2) is 0 Å². The van der Waals surface area contributed by atoms with E-state index in [4.69, 9.17) is 5.73 Å². The topological polar surface area (TPSA) is 52.7 Å². The van der Waals surface area contributed by atoms with E-state index >= 15 is 0 Å². The number of nitrogens with zero attached hydrogens (tertiary/aromatic N) is 2. The van der Waals surface area contributed by atoms with E-state index in [1.54, 1.807) is 0 Å². The maximum absolute atomic E-state index is 9.57. The quantitative estimate of drug-likeness (QED) is 0.629. The molecule has 0 radical (unpaired) electrons. The van der Waals surface area contributed by atoms with Crippen molar-refractivity contribution in [2.24, 2.45) is 5.73 Å². The van der Waals surface area contributed by atoms with Crippen LogP contribution >= 0.6 is 0 Å². The van der Waals surface area contributed by atoms with Gasteiger partial charge in [0.15, 0.2) is 0 Å². The Balaban J connectivity index is 4.56. The molecular formula is C13H31N3O. The minimum atomic E-state index is 0.0644. The van der Waals surface area contributed by atoms with Gasteiger partial charge in [0, 0.05) is 24.7 Å². The molecule has 104 valence electrons. The van der Waals surface area contributed by atoms with Crippen molar-refractivity contribution in [2.45, 2.75) is 51.7 Å². The molecule has 0 bridgehead atoms. The fraction of sp³-hybridized carbons (Fsp3) is 1.00. The second-order valence-corrected chi connectivity index (χ2v) is 5.14. The van der Waals surface area contributed by atoms with E-state index in [1.165, 1.54) is 0 Å². The number of hydrogen-bond acceptors (Lipinski definition) is 4. The fourth-order valence-corrected chi connectivity index (χ4v) is 2.52. The first kappa shape index (κ1) is 16.8. The van der Waals surface area contributed by atoms with Crippen LogP contribution < -0.4 is 5.73 Å². The summed E-state index contributed by atoms with van der Waals surface area (Å²) in [5, 5.41) is 9.57. The predicted molar refractivity (Wildman–Crippen MR) is 74.2 cm³/mol. The lowest BCUT2D eigenvalue weighted by molar-refractivity contribution is 0.0647. The molecule has 0 fully saturated rings. The Kier molecular flexibility index (Phi) is 8.78. The average molecular weight is 245 g/mol. The molecule has 3 N–H and O–H groups in total. The molecule has 0 aromatic heterocycles. The molecule has 3 unspecified atom stereocenters. The first-order chi connectivity index (χ1) is 7.97. The van der Waals surface area contributed by atoms with Crippen molar-refractivity contribution in [3.8, 4) is 0 Å². The van der Waals surface area contributed by atoms with Crippen LogP contribution in [0.3, 0.4) is 0 Å². The molecule has 3 atom stereocenters. The van der Waals surface area contributed by atoms with Crippen LogP contribution in [0.2, 0.25) is 0 Å². The van der Waals surface area contributed by atoms with Gasteiger partial charge in [-0.05, 0) is 34.0 Å². The van der Waals surface area contributed by atoms with Crippen LogP contribution in [0.5, 0.6) is 0 Å². The molecule has 0 aliphatic heterocycles. The summed E-state index contributed by atoms with van der Waals surface area (Å²) in [7, 11) is 4.15. The van der Waals surface area contributed by atoms with E-state index in [0.29, 0.717) is 6.04 Å². The molecule has 0 spiro atoms. The Morgan fingerprint density at radius 3 is 2.18 bits per heavy atom. The van der Waals surface area contributed by atoms with E-state index in [2.05, 4.69) is 44.7 Å². The van der Waals surface area contributed by atoms with Gasteiger partial charge in [-0.2, -0.15) is 0 Å². The van der Waals surface area contributed by atoms with Crippen LogP contribution in [0.25, 0.3) is 0 Å². The summed E-state index contributed by atoms with van der Waals surface area (Å²) in [6, 6.07) is 0.555. The molecular weight excluding hydrogens is 214 g/mol. The van der Waals surface area contributed by atoms with Crippen LogP contribution in [-0.2, 0) is 0 Å². The summed E-state index contributed by atoms with van der Waals surface area (Å²) in [6.07, 6.45) is 2.04. The Labute approximate surface area is 107 Å². The summed E-state index contributed by atoms with van der Waals surface area (Å²) < 4.78 is 0. The van der Waals surface area contributed by atoms with Crippen molar-refractivity contribution in [3.05, 3.63) is 0 Å². The Morgan fingerprint density at radius 1 is 1.24 bits per heavy atom. The monoisotopic (exact) mass is 245 g/mol. The van der Waals surface area contributed by atoms with Crippen LogP contribution in [0, 0.1) is 0 Å². The Hall–Kier alpha value is -0.160. The van der Waals surface area contributed by atoms with Crippen molar-refractivity contribution in [1.29, 1.82) is 0 Å². The third-order valence-electron chi connectivity index (χ3n) is 3.29. The smallest absolute Gasteiger partial charge is 0.0602 e. The van der Waals surface area contributed by atoms with Crippen LogP contribution in [0.1, 0.15) is 33.6 Å². The van der Waals surface area contributed by atoms with Gasteiger partial charge in [-0.15, -0.1) is 0 Å². The number of likely N-dealkylation sites (N-methyl/N-ethyl adjacent to an activating group) is 2. The highest BCUT2D eigenvalue weighted by Crippen LogP contribution is 2.12. The molecule has 0 aliphatic carbocycles. The van der Waals surface area contributed by atoms with E-state index in [-0.39, 0.29) is 18.7 Å². The lowest BCUT2D eigenvalue weighted by Crippen LogP contribution is -2.55. The zero-order chi connectivity index (χ0) is 13.4. The predicted octanol–water partition coefficient (Wildman–Crippen LogP) is 0.747. The summed E-state index contributed by atoms with van der Waals surface area (Å²) >= 11 is 0. The Morgan fingerprint density at radius 2 is 1.82 bits per heavy atom. The molecule has 0 saturated heterocycles. The zero-order valence-corrected chi connectivity index (χ0v) is 12.2. The maximum Gasteiger partial charge on any atom is 0.0602 e. The van der Waals surface area contributed by atoms with Gasteiger partial charge < -0.3 is 15.7 Å². The molecule has 4 nitrogen and oxygen atoms in total. The SMILES string of the molecule is CCCC(N)C(CO)N(CC)C(C)CN(C)C. The standard InChI is InChI=1S/C13H31N3O/c1-6-8-12(14)13(10-17)16(7-2)11(3)9-15(4)5/h11-13,17H,6-10,14H2,1-5H3. The van der Waals surface area contributed by atoms with Crippen LogP contribution in [0.4, 0.5) is 0 Å². The molecule has 0 amide bonds. The summed E-state index contributed by atoms with van der Waals surface area (Å²) in [5.74, 6) is 0. The minimum Gasteiger partial charge on any atom is -0.395 e. The van der Waals surface area contributed by atoms with Crippen LogP contribution in [-0.4, -0.2) is 66.8 Å². The van der Waals surface area contributed by atoms with Gasteiger partial charge in [-0.1, -0.05) is 20.3 Å². The van der Waals surface area contributed by atoms with Gasteiger partial charge in [-0.3, -0.25) is 4.90 Å². The Bertz CT molecular complexity index is 188. The summed E-state index contributed by atoms with van der Waals surface area (Å²) in [6.45, 7) is 8.53. The molecule has 0 rings (SSSR count). The molecule has 0 aromatic rings. The first-order valence-electron chi connectivity index (χ1n) is 6.74. The van der Waals surface area contributed by atoms with Crippen molar-refractivity contribution in [2.75, 3.05) is 33.8 Å². The van der Waals surface area contributed by atoms with Gasteiger partial charge >= 0.3 is 0 Å². The van der Waals surface area contributed by atoms with Gasteiger partial charge in [0.25, 0.3) is 0 Å². The molecule has 0 aromatic carbocycles. The molecule has 0 saturated carbocycles. The van der Waals surface area contributed by atoms with E-state index < -0.39 is 0 Å².